The van der Waals surface area contributed by atoms with Crippen LogP contribution in [-0.2, 0) is 0 Å². The fourth-order valence-electron chi connectivity index (χ4n) is 2.06. The Morgan fingerprint density at radius 3 is 2.65 bits per heavy atom. The van der Waals surface area contributed by atoms with E-state index in [0.717, 1.165) is 24.5 Å². The topological polar surface area (TPSA) is 29.3 Å². The number of halogens is 2. The number of nitrogens with two attached hydrogens (primary N) is 1. The highest BCUT2D eigenvalue weighted by atomic mass is 35.5. The largest absolute Gasteiger partial charge is 0.399 e. The lowest BCUT2D eigenvalue weighted by Gasteiger charge is -2.34. The SMILES string of the molecule is CCC1CN(c2c(Cl)cc(N)cc2Cl)CCS1. The number of anilines is 2. The van der Waals surface area contributed by atoms with E-state index in [-0.39, 0.29) is 0 Å². The second-order valence-corrected chi connectivity index (χ2v) is 6.40. The van der Waals surface area contributed by atoms with Gasteiger partial charge in [-0.3, -0.25) is 0 Å². The molecule has 1 saturated heterocycles. The molecule has 0 spiro atoms. The highest BCUT2D eigenvalue weighted by molar-refractivity contribution is 8.00. The van der Waals surface area contributed by atoms with Crippen LogP contribution in [0.5, 0.6) is 0 Å². The molecule has 1 heterocycles. The Morgan fingerprint density at radius 1 is 1.41 bits per heavy atom. The van der Waals surface area contributed by atoms with Crippen LogP contribution in [0.2, 0.25) is 10.0 Å². The van der Waals surface area contributed by atoms with Gasteiger partial charge < -0.3 is 10.6 Å². The van der Waals surface area contributed by atoms with E-state index in [1.165, 1.54) is 6.42 Å². The van der Waals surface area contributed by atoms with Gasteiger partial charge in [0.1, 0.15) is 0 Å². The van der Waals surface area contributed by atoms with E-state index in [1.807, 2.05) is 11.8 Å². The maximum absolute atomic E-state index is 6.25. The standard InChI is InChI=1S/C12H16Cl2N2S/c1-2-9-7-16(3-4-17-9)12-10(13)5-8(15)6-11(12)14/h5-6,9H,2-4,7,15H2,1H3. The van der Waals surface area contributed by atoms with E-state index in [2.05, 4.69) is 11.8 Å². The zero-order valence-corrected chi connectivity index (χ0v) is 12.1. The van der Waals surface area contributed by atoms with Crippen LogP contribution in [0.4, 0.5) is 11.4 Å². The summed E-state index contributed by atoms with van der Waals surface area (Å²) in [6, 6.07) is 3.54. The van der Waals surface area contributed by atoms with Crippen molar-refractivity contribution in [2.24, 2.45) is 0 Å². The number of thioether (sulfide) groups is 1. The molecule has 2 nitrogen and oxygen atoms in total. The molecule has 0 bridgehead atoms. The predicted molar refractivity (Wildman–Crippen MR) is 79.6 cm³/mol. The number of nitrogen functional groups attached to an aromatic ring is 1. The minimum Gasteiger partial charge on any atom is -0.399 e. The Bertz CT molecular complexity index is 388. The zero-order chi connectivity index (χ0) is 12.4. The summed E-state index contributed by atoms with van der Waals surface area (Å²) in [5, 5.41) is 1.96. The lowest BCUT2D eigenvalue weighted by Crippen LogP contribution is -2.37. The average Bonchev–Trinajstić information content (AvgIpc) is 2.28. The molecule has 1 aliphatic heterocycles. The summed E-state index contributed by atoms with van der Waals surface area (Å²) in [5.41, 5.74) is 7.26. The fourth-order valence-corrected chi connectivity index (χ4v) is 3.98. The molecule has 1 aromatic carbocycles. The van der Waals surface area contributed by atoms with Gasteiger partial charge in [0.2, 0.25) is 0 Å². The first kappa shape index (κ1) is 13.2. The molecule has 1 fully saturated rings. The molecule has 0 aromatic heterocycles. The van der Waals surface area contributed by atoms with Crippen molar-refractivity contribution in [2.75, 3.05) is 29.5 Å². The van der Waals surface area contributed by atoms with Crippen LogP contribution < -0.4 is 10.6 Å². The van der Waals surface area contributed by atoms with Crippen molar-refractivity contribution in [2.45, 2.75) is 18.6 Å². The van der Waals surface area contributed by atoms with Crippen molar-refractivity contribution in [1.82, 2.24) is 0 Å². The first-order valence-electron chi connectivity index (χ1n) is 5.73. The summed E-state index contributed by atoms with van der Waals surface area (Å²) in [6.07, 6.45) is 1.17. The molecular formula is C12H16Cl2N2S. The predicted octanol–water partition coefficient (Wildman–Crippen LogP) is 3.91. The van der Waals surface area contributed by atoms with Gasteiger partial charge in [0.25, 0.3) is 0 Å². The summed E-state index contributed by atoms with van der Waals surface area (Å²) in [7, 11) is 0. The summed E-state index contributed by atoms with van der Waals surface area (Å²) >= 11 is 14.5. The van der Waals surface area contributed by atoms with Gasteiger partial charge in [0.05, 0.1) is 15.7 Å². The molecule has 1 unspecified atom stereocenters. The van der Waals surface area contributed by atoms with Gasteiger partial charge in [0, 0.05) is 29.8 Å². The molecule has 1 aromatic rings. The molecule has 2 rings (SSSR count). The van der Waals surface area contributed by atoms with E-state index in [4.69, 9.17) is 28.9 Å². The van der Waals surface area contributed by atoms with Crippen LogP contribution in [0.25, 0.3) is 0 Å². The number of hydrogen-bond acceptors (Lipinski definition) is 3. The van der Waals surface area contributed by atoms with Crippen molar-refractivity contribution in [3.63, 3.8) is 0 Å². The van der Waals surface area contributed by atoms with Gasteiger partial charge in [-0.25, -0.2) is 0 Å². The highest BCUT2D eigenvalue weighted by Crippen LogP contribution is 2.38. The quantitative estimate of drug-likeness (QED) is 0.838. The van der Waals surface area contributed by atoms with Gasteiger partial charge in [-0.1, -0.05) is 30.1 Å². The summed E-state index contributed by atoms with van der Waals surface area (Å²) in [5.74, 6) is 1.12. The zero-order valence-electron chi connectivity index (χ0n) is 9.75. The van der Waals surface area contributed by atoms with Crippen LogP contribution in [0.1, 0.15) is 13.3 Å². The Morgan fingerprint density at radius 2 is 2.06 bits per heavy atom. The molecule has 94 valence electrons. The lowest BCUT2D eigenvalue weighted by molar-refractivity contribution is 0.728. The molecule has 1 atom stereocenters. The molecule has 0 aliphatic carbocycles. The average molecular weight is 291 g/mol. The number of rotatable bonds is 2. The molecule has 0 radical (unpaired) electrons. The number of nitrogens with zero attached hydrogens (tertiary/aromatic N) is 1. The van der Waals surface area contributed by atoms with Crippen LogP contribution in [0, 0.1) is 0 Å². The third-order valence-corrected chi connectivity index (χ3v) is 4.90. The van der Waals surface area contributed by atoms with Gasteiger partial charge in [-0.15, -0.1) is 0 Å². The second kappa shape index (κ2) is 5.59. The van der Waals surface area contributed by atoms with Crippen LogP contribution in [0.15, 0.2) is 12.1 Å². The fraction of sp³-hybridized carbons (Fsp3) is 0.500. The third-order valence-electron chi connectivity index (χ3n) is 2.95. The third kappa shape index (κ3) is 2.95. The lowest BCUT2D eigenvalue weighted by atomic mass is 10.2. The Hall–Kier alpha value is -0.250. The van der Waals surface area contributed by atoms with E-state index < -0.39 is 0 Å². The summed E-state index contributed by atoms with van der Waals surface area (Å²) in [4.78, 5) is 2.27. The monoisotopic (exact) mass is 290 g/mol. The second-order valence-electron chi connectivity index (χ2n) is 4.18. The van der Waals surface area contributed by atoms with Crippen LogP contribution in [0.3, 0.4) is 0 Å². The van der Waals surface area contributed by atoms with Gasteiger partial charge in [-0.2, -0.15) is 11.8 Å². The maximum atomic E-state index is 6.25. The van der Waals surface area contributed by atoms with Gasteiger partial charge in [0.15, 0.2) is 0 Å². The number of benzene rings is 1. The molecule has 2 N–H and O–H groups in total. The van der Waals surface area contributed by atoms with Crippen LogP contribution in [-0.4, -0.2) is 24.1 Å². The van der Waals surface area contributed by atoms with E-state index in [1.54, 1.807) is 12.1 Å². The number of hydrogen-bond donors (Lipinski definition) is 1. The summed E-state index contributed by atoms with van der Waals surface area (Å²) < 4.78 is 0. The molecular weight excluding hydrogens is 275 g/mol. The minimum absolute atomic E-state index is 0.613. The summed E-state index contributed by atoms with van der Waals surface area (Å²) in [6.45, 7) is 4.21. The molecule has 5 heteroatoms. The smallest absolute Gasteiger partial charge is 0.0747 e. The maximum Gasteiger partial charge on any atom is 0.0747 e. The highest BCUT2D eigenvalue weighted by Gasteiger charge is 2.22. The van der Waals surface area contributed by atoms with Gasteiger partial charge in [-0.05, 0) is 18.6 Å². The molecule has 0 saturated carbocycles. The van der Waals surface area contributed by atoms with Crippen LogP contribution >= 0.6 is 35.0 Å². The van der Waals surface area contributed by atoms with Crippen molar-refractivity contribution in [1.29, 1.82) is 0 Å². The van der Waals surface area contributed by atoms with Gasteiger partial charge >= 0.3 is 0 Å². The molecule has 0 amide bonds. The van der Waals surface area contributed by atoms with E-state index in [9.17, 15) is 0 Å². The van der Waals surface area contributed by atoms with E-state index in [0.29, 0.717) is 21.0 Å². The van der Waals surface area contributed by atoms with Crippen molar-refractivity contribution in [3.8, 4) is 0 Å². The Balaban J connectivity index is 2.27. The van der Waals surface area contributed by atoms with Crippen molar-refractivity contribution >= 4 is 46.3 Å². The minimum atomic E-state index is 0.613. The normalized spacial score (nSPS) is 20.6. The van der Waals surface area contributed by atoms with Crippen molar-refractivity contribution < 1.29 is 0 Å². The first-order valence-corrected chi connectivity index (χ1v) is 7.53. The molecule has 17 heavy (non-hydrogen) atoms. The van der Waals surface area contributed by atoms with Crippen molar-refractivity contribution in [3.05, 3.63) is 22.2 Å². The Kier molecular flexibility index (Phi) is 4.34. The molecule has 1 aliphatic rings. The Labute approximate surface area is 116 Å². The first-order chi connectivity index (χ1) is 8.11. The van der Waals surface area contributed by atoms with E-state index >= 15 is 0 Å².